The first-order chi connectivity index (χ1) is 13.5. The zero-order valence-corrected chi connectivity index (χ0v) is 17.0. The lowest BCUT2D eigenvalue weighted by Gasteiger charge is -2.34. The average molecular weight is 383 g/mol. The van der Waals surface area contributed by atoms with Crippen LogP contribution in [0, 0.1) is 18.8 Å². The molecule has 150 valence electrons. The predicted molar refractivity (Wildman–Crippen MR) is 107 cm³/mol. The number of aromatic nitrogens is 1. The molecule has 0 spiro atoms. The molecule has 4 rings (SSSR count). The number of amides is 1. The lowest BCUT2D eigenvalue weighted by Crippen LogP contribution is -2.40. The van der Waals surface area contributed by atoms with Gasteiger partial charge in [-0.25, -0.2) is 0 Å². The number of piperidine rings is 1. The van der Waals surface area contributed by atoms with E-state index in [2.05, 4.69) is 29.2 Å². The number of likely N-dealkylation sites (tertiary alicyclic amines) is 1. The van der Waals surface area contributed by atoms with Gasteiger partial charge < -0.3 is 19.5 Å². The van der Waals surface area contributed by atoms with Crippen LogP contribution in [0.2, 0.25) is 0 Å². The quantitative estimate of drug-likeness (QED) is 0.799. The van der Waals surface area contributed by atoms with E-state index in [1.165, 1.54) is 6.42 Å². The summed E-state index contributed by atoms with van der Waals surface area (Å²) in [5.41, 5.74) is 3.04. The first-order valence-electron chi connectivity index (χ1n) is 10.2. The van der Waals surface area contributed by atoms with E-state index >= 15 is 0 Å². The minimum Gasteiger partial charge on any atom is -0.488 e. The maximum absolute atomic E-state index is 12.6. The summed E-state index contributed by atoms with van der Waals surface area (Å²) in [7, 11) is 0. The van der Waals surface area contributed by atoms with Crippen molar-refractivity contribution in [1.82, 2.24) is 15.4 Å². The van der Waals surface area contributed by atoms with Crippen molar-refractivity contribution in [3.8, 4) is 17.1 Å². The summed E-state index contributed by atoms with van der Waals surface area (Å²) >= 11 is 0. The van der Waals surface area contributed by atoms with Gasteiger partial charge in [0.15, 0.2) is 11.5 Å². The smallest absolute Gasteiger partial charge is 0.273 e. The van der Waals surface area contributed by atoms with Gasteiger partial charge in [-0.15, -0.1) is 0 Å². The van der Waals surface area contributed by atoms with Crippen LogP contribution in [0.4, 0.5) is 0 Å². The molecule has 1 N–H and O–H groups in total. The number of carbonyl (C=O) groups excluding carboxylic acids is 1. The second-order valence-corrected chi connectivity index (χ2v) is 8.44. The van der Waals surface area contributed by atoms with E-state index in [1.54, 1.807) is 0 Å². The fourth-order valence-electron chi connectivity index (χ4n) is 4.49. The Kier molecular flexibility index (Phi) is 5.40. The third-order valence-corrected chi connectivity index (χ3v) is 5.64. The SMILES string of the molecule is Cc1ccc2c(c1)-c1onc(C(=O)NCCCN3C[C@H](C)C[C@@H](C)C3)c1CO2. The molecule has 2 aliphatic rings. The van der Waals surface area contributed by atoms with Crippen LogP contribution < -0.4 is 10.1 Å². The minimum atomic E-state index is -0.190. The third-order valence-electron chi connectivity index (χ3n) is 5.64. The second kappa shape index (κ2) is 7.95. The molecule has 1 aromatic carbocycles. The fraction of sp³-hybridized carbons (Fsp3) is 0.545. The Morgan fingerprint density at radius 2 is 2.07 bits per heavy atom. The van der Waals surface area contributed by atoms with Crippen molar-refractivity contribution in [2.75, 3.05) is 26.2 Å². The monoisotopic (exact) mass is 383 g/mol. The highest BCUT2D eigenvalue weighted by atomic mass is 16.5. The summed E-state index contributed by atoms with van der Waals surface area (Å²) in [6.45, 7) is 10.9. The van der Waals surface area contributed by atoms with Crippen LogP contribution in [-0.2, 0) is 6.61 Å². The molecule has 1 saturated heterocycles. The number of nitrogens with zero attached hydrogens (tertiary/aromatic N) is 2. The Morgan fingerprint density at radius 1 is 1.29 bits per heavy atom. The van der Waals surface area contributed by atoms with Crippen LogP contribution in [0.1, 0.15) is 48.3 Å². The highest BCUT2D eigenvalue weighted by Gasteiger charge is 2.29. The van der Waals surface area contributed by atoms with Crippen molar-refractivity contribution < 1.29 is 14.1 Å². The van der Waals surface area contributed by atoms with E-state index < -0.39 is 0 Å². The van der Waals surface area contributed by atoms with Gasteiger partial charge in [-0.3, -0.25) is 4.79 Å². The number of hydrogen-bond acceptors (Lipinski definition) is 5. The summed E-state index contributed by atoms with van der Waals surface area (Å²) in [6, 6.07) is 5.93. The normalized spacial score (nSPS) is 21.5. The Morgan fingerprint density at radius 3 is 2.86 bits per heavy atom. The number of fused-ring (bicyclic) bond motifs is 3. The highest BCUT2D eigenvalue weighted by Crippen LogP contribution is 2.39. The lowest BCUT2D eigenvalue weighted by atomic mass is 9.92. The number of aryl methyl sites for hydroxylation is 1. The van der Waals surface area contributed by atoms with Crippen LogP contribution in [0.3, 0.4) is 0 Å². The van der Waals surface area contributed by atoms with Gasteiger partial charge >= 0.3 is 0 Å². The van der Waals surface area contributed by atoms with Crippen LogP contribution >= 0.6 is 0 Å². The Labute approximate surface area is 166 Å². The molecule has 2 atom stereocenters. The zero-order valence-electron chi connectivity index (χ0n) is 17.0. The molecule has 1 amide bonds. The van der Waals surface area contributed by atoms with Gasteiger partial charge in [-0.2, -0.15) is 0 Å². The molecule has 6 nitrogen and oxygen atoms in total. The molecule has 2 aliphatic heterocycles. The molecule has 0 aliphatic carbocycles. The van der Waals surface area contributed by atoms with Crippen molar-refractivity contribution >= 4 is 5.91 Å². The number of hydrogen-bond donors (Lipinski definition) is 1. The Balaban J connectivity index is 1.34. The molecule has 1 aromatic heterocycles. The second-order valence-electron chi connectivity index (χ2n) is 8.44. The van der Waals surface area contributed by atoms with E-state index in [0.29, 0.717) is 24.6 Å². The fourth-order valence-corrected chi connectivity index (χ4v) is 4.49. The van der Waals surface area contributed by atoms with Gasteiger partial charge in [0, 0.05) is 19.6 Å². The number of ether oxygens (including phenoxy) is 1. The van der Waals surface area contributed by atoms with Gasteiger partial charge in [-0.1, -0.05) is 30.6 Å². The van der Waals surface area contributed by atoms with E-state index in [-0.39, 0.29) is 5.91 Å². The van der Waals surface area contributed by atoms with Gasteiger partial charge in [-0.05, 0) is 50.3 Å². The van der Waals surface area contributed by atoms with E-state index in [9.17, 15) is 4.79 Å². The van der Waals surface area contributed by atoms with Crippen molar-refractivity contribution in [1.29, 1.82) is 0 Å². The molecule has 0 unspecified atom stereocenters. The van der Waals surface area contributed by atoms with E-state index in [1.807, 2.05) is 25.1 Å². The number of nitrogens with one attached hydrogen (secondary N) is 1. The largest absolute Gasteiger partial charge is 0.488 e. The molecule has 0 bridgehead atoms. The van der Waals surface area contributed by atoms with Crippen LogP contribution in [0.15, 0.2) is 22.7 Å². The topological polar surface area (TPSA) is 67.6 Å². The molecular formula is C22H29N3O3. The maximum Gasteiger partial charge on any atom is 0.273 e. The van der Waals surface area contributed by atoms with Gasteiger partial charge in [0.2, 0.25) is 0 Å². The summed E-state index contributed by atoms with van der Waals surface area (Å²) in [4.78, 5) is 15.1. The maximum atomic E-state index is 12.6. The Hall–Kier alpha value is -2.34. The predicted octanol–water partition coefficient (Wildman–Crippen LogP) is 3.64. The first kappa shape index (κ1) is 19.0. The summed E-state index contributed by atoms with van der Waals surface area (Å²) in [5.74, 6) is 2.74. The minimum absolute atomic E-state index is 0.190. The number of rotatable bonds is 5. The lowest BCUT2D eigenvalue weighted by molar-refractivity contribution is 0.0936. The van der Waals surface area contributed by atoms with Crippen molar-refractivity contribution in [3.63, 3.8) is 0 Å². The molecule has 2 aromatic rings. The first-order valence-corrected chi connectivity index (χ1v) is 10.2. The summed E-state index contributed by atoms with van der Waals surface area (Å²) in [5, 5.41) is 7.03. The van der Waals surface area contributed by atoms with Gasteiger partial charge in [0.05, 0.1) is 11.1 Å². The average Bonchev–Trinajstić information content (AvgIpc) is 3.09. The molecule has 0 saturated carbocycles. The van der Waals surface area contributed by atoms with Crippen molar-refractivity contribution in [2.24, 2.45) is 11.8 Å². The molecular weight excluding hydrogens is 354 g/mol. The van der Waals surface area contributed by atoms with Crippen molar-refractivity contribution in [3.05, 3.63) is 35.0 Å². The zero-order chi connectivity index (χ0) is 19.7. The third kappa shape index (κ3) is 3.92. The number of benzene rings is 1. The van der Waals surface area contributed by atoms with Gasteiger partial charge in [0.25, 0.3) is 5.91 Å². The number of carbonyl (C=O) groups is 1. The summed E-state index contributed by atoms with van der Waals surface area (Å²) < 4.78 is 11.3. The van der Waals surface area contributed by atoms with Crippen LogP contribution in [0.25, 0.3) is 11.3 Å². The molecule has 6 heteroatoms. The standard InChI is InChI=1S/C22H29N3O3/c1-14-5-6-19-17(10-14)21-18(13-27-19)20(24-28-21)22(26)23-7-4-8-25-11-15(2)9-16(3)12-25/h5-6,10,15-16H,4,7-9,11-13H2,1-3H3,(H,23,26)/t15-,16-/m1/s1. The molecule has 3 heterocycles. The van der Waals surface area contributed by atoms with Crippen LogP contribution in [0.5, 0.6) is 5.75 Å². The van der Waals surface area contributed by atoms with E-state index in [4.69, 9.17) is 9.26 Å². The van der Waals surface area contributed by atoms with Crippen LogP contribution in [-0.4, -0.2) is 42.1 Å². The molecule has 28 heavy (non-hydrogen) atoms. The highest BCUT2D eigenvalue weighted by molar-refractivity contribution is 5.95. The molecule has 0 radical (unpaired) electrons. The van der Waals surface area contributed by atoms with Gasteiger partial charge in [0.1, 0.15) is 12.4 Å². The Bertz CT molecular complexity index is 851. The van der Waals surface area contributed by atoms with E-state index in [0.717, 1.165) is 60.3 Å². The summed E-state index contributed by atoms with van der Waals surface area (Å²) in [6.07, 6.45) is 2.25. The molecule has 1 fully saturated rings. The van der Waals surface area contributed by atoms with Crippen molar-refractivity contribution in [2.45, 2.75) is 40.2 Å².